The number of sulfonamides is 1. The normalized spacial score (nSPS) is 12.5. The number of benzene rings is 2. The van der Waals surface area contributed by atoms with Gasteiger partial charge in [0.05, 0.1) is 5.69 Å². The van der Waals surface area contributed by atoms with E-state index in [1.807, 2.05) is 6.26 Å². The van der Waals surface area contributed by atoms with Crippen molar-refractivity contribution in [2.75, 3.05) is 17.3 Å². The molecule has 0 spiro atoms. The van der Waals surface area contributed by atoms with Gasteiger partial charge in [-0.2, -0.15) is 16.5 Å². The maximum atomic E-state index is 14.0. The van der Waals surface area contributed by atoms with Crippen molar-refractivity contribution in [1.82, 2.24) is 24.9 Å². The molecule has 0 fully saturated rings. The number of amides is 1. The molecule has 0 radical (unpaired) electrons. The van der Waals surface area contributed by atoms with Gasteiger partial charge in [0, 0.05) is 5.69 Å². The number of nitrogens with one attached hydrogen (secondary N) is 2. The molecule has 3 rings (SSSR count). The first kappa shape index (κ1) is 21.9. The van der Waals surface area contributed by atoms with Gasteiger partial charge in [0.2, 0.25) is 15.9 Å². The second-order valence-corrected chi connectivity index (χ2v) is 8.85. The van der Waals surface area contributed by atoms with Gasteiger partial charge in [-0.3, -0.25) is 4.79 Å². The van der Waals surface area contributed by atoms with Crippen molar-refractivity contribution in [1.29, 1.82) is 0 Å². The van der Waals surface area contributed by atoms with Crippen LogP contribution in [-0.4, -0.2) is 52.6 Å². The number of hydrogen-bond acceptors (Lipinski definition) is 7. The molecule has 158 valence electrons. The van der Waals surface area contributed by atoms with E-state index in [9.17, 15) is 17.6 Å². The highest BCUT2D eigenvalue weighted by Crippen LogP contribution is 2.17. The van der Waals surface area contributed by atoms with Gasteiger partial charge in [0.1, 0.15) is 23.1 Å². The van der Waals surface area contributed by atoms with Crippen molar-refractivity contribution in [2.45, 2.75) is 17.4 Å². The van der Waals surface area contributed by atoms with Crippen LogP contribution in [0, 0.1) is 5.82 Å². The fraction of sp³-hybridized carbons (Fsp3) is 0.222. The van der Waals surface area contributed by atoms with E-state index in [2.05, 4.69) is 25.6 Å². The summed E-state index contributed by atoms with van der Waals surface area (Å²) in [6.07, 6.45) is 3.48. The molecular weight excluding hydrogens is 431 g/mol. The number of aromatic nitrogens is 4. The lowest BCUT2D eigenvalue weighted by Crippen LogP contribution is -2.44. The van der Waals surface area contributed by atoms with Gasteiger partial charge in [-0.1, -0.05) is 18.2 Å². The van der Waals surface area contributed by atoms with E-state index in [0.717, 1.165) is 12.1 Å². The van der Waals surface area contributed by atoms with Gasteiger partial charge in [-0.15, -0.1) is 5.10 Å². The predicted octanol–water partition coefficient (Wildman–Crippen LogP) is 1.84. The van der Waals surface area contributed by atoms with Crippen LogP contribution < -0.4 is 10.0 Å². The number of nitrogens with zero attached hydrogens (tertiary/aromatic N) is 4. The summed E-state index contributed by atoms with van der Waals surface area (Å²) in [6.45, 7) is 0. The second kappa shape index (κ2) is 9.78. The number of carbonyl (C=O) groups excluding carboxylic acids is 1. The molecule has 9 nitrogen and oxygen atoms in total. The van der Waals surface area contributed by atoms with Crippen molar-refractivity contribution in [3.63, 3.8) is 0 Å². The first-order chi connectivity index (χ1) is 14.4. The number of carbonyl (C=O) groups is 1. The summed E-state index contributed by atoms with van der Waals surface area (Å²) in [5.74, 6) is -0.913. The molecule has 0 bridgehead atoms. The Kier molecular flexibility index (Phi) is 7.13. The highest BCUT2D eigenvalue weighted by atomic mass is 32.2. The summed E-state index contributed by atoms with van der Waals surface area (Å²) in [5, 5.41) is 13.6. The van der Waals surface area contributed by atoms with Crippen molar-refractivity contribution < 1.29 is 17.6 Å². The van der Waals surface area contributed by atoms with Crippen LogP contribution in [0.15, 0.2) is 59.8 Å². The summed E-state index contributed by atoms with van der Waals surface area (Å²) >= 11 is 1.46. The third kappa shape index (κ3) is 5.40. The molecular formula is C18H19FN6O3S2. The van der Waals surface area contributed by atoms with Crippen LogP contribution in [0.3, 0.4) is 0 Å². The highest BCUT2D eigenvalue weighted by molar-refractivity contribution is 7.98. The maximum absolute atomic E-state index is 14.0. The Labute approximate surface area is 177 Å². The Morgan fingerprint density at radius 3 is 2.73 bits per heavy atom. The van der Waals surface area contributed by atoms with E-state index in [0.29, 0.717) is 17.1 Å². The fourth-order valence-electron chi connectivity index (χ4n) is 2.63. The van der Waals surface area contributed by atoms with Gasteiger partial charge in [0.15, 0.2) is 0 Å². The number of rotatable bonds is 9. The van der Waals surface area contributed by atoms with Gasteiger partial charge < -0.3 is 5.32 Å². The zero-order valence-corrected chi connectivity index (χ0v) is 17.5. The first-order valence-electron chi connectivity index (χ1n) is 8.81. The van der Waals surface area contributed by atoms with Crippen molar-refractivity contribution in [3.8, 4) is 5.69 Å². The first-order valence-corrected chi connectivity index (χ1v) is 11.7. The zero-order chi connectivity index (χ0) is 21.6. The van der Waals surface area contributed by atoms with E-state index in [1.54, 1.807) is 24.3 Å². The molecule has 1 aromatic heterocycles. The minimum atomic E-state index is -4.23. The van der Waals surface area contributed by atoms with Crippen LogP contribution in [0.25, 0.3) is 5.69 Å². The lowest BCUT2D eigenvalue weighted by Gasteiger charge is -2.18. The monoisotopic (exact) mass is 450 g/mol. The molecule has 30 heavy (non-hydrogen) atoms. The Bertz CT molecular complexity index is 1110. The molecule has 0 aliphatic heterocycles. The fourth-order valence-corrected chi connectivity index (χ4v) is 4.41. The SMILES string of the molecule is CSCC[C@H](NS(=O)(=O)c1ccccc1F)C(=O)Nc1cccc(-n2cnnn2)c1. The van der Waals surface area contributed by atoms with Crippen LogP contribution in [-0.2, 0) is 14.8 Å². The lowest BCUT2D eigenvalue weighted by molar-refractivity contribution is -0.117. The quantitative estimate of drug-likeness (QED) is 0.511. The third-order valence-corrected chi connectivity index (χ3v) is 6.23. The maximum Gasteiger partial charge on any atom is 0.244 e. The van der Waals surface area contributed by atoms with Crippen LogP contribution in [0.4, 0.5) is 10.1 Å². The summed E-state index contributed by atoms with van der Waals surface area (Å²) in [6, 6.07) is 10.7. The van der Waals surface area contributed by atoms with Crippen LogP contribution in [0.5, 0.6) is 0 Å². The van der Waals surface area contributed by atoms with Crippen molar-refractivity contribution in [2.24, 2.45) is 0 Å². The Morgan fingerprint density at radius 1 is 1.23 bits per heavy atom. The molecule has 0 unspecified atom stereocenters. The standard InChI is InChI=1S/C18H19FN6O3S2/c1-29-10-9-16(22-30(27,28)17-8-3-2-7-15(17)19)18(26)21-13-5-4-6-14(11-13)25-12-20-23-24-25/h2-8,11-12,16,22H,9-10H2,1H3,(H,21,26)/t16-/m0/s1. The van der Waals surface area contributed by atoms with Crippen molar-refractivity contribution in [3.05, 3.63) is 60.7 Å². The Hall–Kier alpha value is -2.83. The second-order valence-electron chi connectivity index (χ2n) is 6.18. The zero-order valence-electron chi connectivity index (χ0n) is 15.9. The van der Waals surface area contributed by atoms with Gasteiger partial charge in [-0.05, 0) is 59.2 Å². The van der Waals surface area contributed by atoms with Crippen LogP contribution in [0.1, 0.15) is 6.42 Å². The third-order valence-electron chi connectivity index (χ3n) is 4.08. The summed E-state index contributed by atoms with van der Waals surface area (Å²) in [5.41, 5.74) is 1.05. The molecule has 0 saturated carbocycles. The molecule has 0 aliphatic rings. The molecule has 2 aromatic carbocycles. The lowest BCUT2D eigenvalue weighted by atomic mass is 10.2. The predicted molar refractivity (Wildman–Crippen MR) is 111 cm³/mol. The van der Waals surface area contributed by atoms with Gasteiger partial charge in [-0.25, -0.2) is 17.5 Å². The Morgan fingerprint density at radius 2 is 2.03 bits per heavy atom. The van der Waals surface area contributed by atoms with Crippen molar-refractivity contribution >= 4 is 33.4 Å². The largest absolute Gasteiger partial charge is 0.325 e. The van der Waals surface area contributed by atoms with Gasteiger partial charge >= 0.3 is 0 Å². The molecule has 2 N–H and O–H groups in total. The summed E-state index contributed by atoms with van der Waals surface area (Å²) in [4.78, 5) is 12.3. The smallest absolute Gasteiger partial charge is 0.244 e. The minimum Gasteiger partial charge on any atom is -0.325 e. The van der Waals surface area contributed by atoms with E-state index >= 15 is 0 Å². The molecule has 3 aromatic rings. The molecule has 1 heterocycles. The van der Waals surface area contributed by atoms with Crippen LogP contribution in [0.2, 0.25) is 0 Å². The molecule has 1 atom stereocenters. The average molecular weight is 451 g/mol. The number of thioether (sulfide) groups is 1. The summed E-state index contributed by atoms with van der Waals surface area (Å²) < 4.78 is 43.0. The molecule has 0 aliphatic carbocycles. The molecule has 12 heteroatoms. The Balaban J connectivity index is 1.79. The van der Waals surface area contributed by atoms with E-state index in [-0.39, 0.29) is 6.42 Å². The number of halogens is 1. The average Bonchev–Trinajstić information content (AvgIpc) is 3.26. The number of hydrogen-bond donors (Lipinski definition) is 2. The van der Waals surface area contributed by atoms with Crippen LogP contribution >= 0.6 is 11.8 Å². The topological polar surface area (TPSA) is 119 Å². The minimum absolute atomic E-state index is 0.230. The number of tetrazole rings is 1. The number of anilines is 1. The molecule has 0 saturated heterocycles. The molecule has 1 amide bonds. The highest BCUT2D eigenvalue weighted by Gasteiger charge is 2.27. The van der Waals surface area contributed by atoms with Gasteiger partial charge in [0.25, 0.3) is 0 Å². The van der Waals surface area contributed by atoms with E-state index in [1.165, 1.54) is 34.9 Å². The van der Waals surface area contributed by atoms with E-state index in [4.69, 9.17) is 0 Å². The summed E-state index contributed by atoms with van der Waals surface area (Å²) in [7, 11) is -4.23. The van der Waals surface area contributed by atoms with E-state index < -0.39 is 32.7 Å².